The Balaban J connectivity index is 2.71. The third-order valence-electron chi connectivity index (χ3n) is 3.49. The number of hydrogen-bond acceptors (Lipinski definition) is 5. The fourth-order valence-electron chi connectivity index (χ4n) is 2.20. The molecule has 0 bridgehead atoms. The van der Waals surface area contributed by atoms with Gasteiger partial charge in [0.15, 0.2) is 0 Å². The third kappa shape index (κ3) is 5.73. The van der Waals surface area contributed by atoms with Crippen molar-refractivity contribution in [2.45, 2.75) is 33.6 Å². The lowest BCUT2D eigenvalue weighted by molar-refractivity contribution is -0.313. The standard InChI is InChI=1S/C17H23NO5/c1-4-23-17(22)13-7-5-6-8-14(13)18-15(19)10-9-12(11(2)3)16(20)21/h5-8,11-12H,4,9-10H2,1-3H3,(H,18,19)(H,20,21)/p-1/t12-/m1/s1. The van der Waals surface area contributed by atoms with Crippen molar-refractivity contribution in [2.75, 3.05) is 11.9 Å². The fraction of sp³-hybridized carbons (Fsp3) is 0.471. The number of carbonyl (C=O) groups excluding carboxylic acids is 3. The molecule has 0 aliphatic rings. The highest BCUT2D eigenvalue weighted by atomic mass is 16.5. The molecule has 1 rings (SSSR count). The molecule has 0 unspecified atom stereocenters. The van der Waals surface area contributed by atoms with E-state index in [9.17, 15) is 19.5 Å². The maximum atomic E-state index is 12.0. The number of carboxylic acid groups (broad SMARTS) is 1. The van der Waals surface area contributed by atoms with E-state index in [4.69, 9.17) is 4.74 Å². The number of nitrogens with one attached hydrogen (secondary N) is 1. The molecule has 1 atom stereocenters. The van der Waals surface area contributed by atoms with Gasteiger partial charge in [-0.25, -0.2) is 4.79 Å². The Morgan fingerprint density at radius 3 is 2.43 bits per heavy atom. The van der Waals surface area contributed by atoms with Crippen molar-refractivity contribution < 1.29 is 24.2 Å². The van der Waals surface area contributed by atoms with Gasteiger partial charge in [-0.2, -0.15) is 0 Å². The zero-order valence-electron chi connectivity index (χ0n) is 13.6. The first-order valence-electron chi connectivity index (χ1n) is 7.63. The van der Waals surface area contributed by atoms with Gasteiger partial charge in [0.1, 0.15) is 0 Å². The van der Waals surface area contributed by atoms with Crippen molar-refractivity contribution in [2.24, 2.45) is 11.8 Å². The molecular weight excluding hydrogens is 298 g/mol. The summed E-state index contributed by atoms with van der Waals surface area (Å²) in [6, 6.07) is 6.53. The quantitative estimate of drug-likeness (QED) is 0.734. The number of aliphatic carboxylic acids is 1. The van der Waals surface area contributed by atoms with Crippen molar-refractivity contribution in [3.8, 4) is 0 Å². The van der Waals surface area contributed by atoms with Crippen LogP contribution >= 0.6 is 0 Å². The van der Waals surface area contributed by atoms with Crippen LogP contribution in [-0.4, -0.2) is 24.5 Å². The minimum Gasteiger partial charge on any atom is -0.550 e. The molecule has 0 aliphatic heterocycles. The average molecular weight is 320 g/mol. The van der Waals surface area contributed by atoms with E-state index in [1.807, 2.05) is 0 Å². The van der Waals surface area contributed by atoms with Crippen molar-refractivity contribution in [1.82, 2.24) is 0 Å². The Morgan fingerprint density at radius 1 is 1.22 bits per heavy atom. The van der Waals surface area contributed by atoms with Gasteiger partial charge in [0.2, 0.25) is 5.91 Å². The molecule has 0 aliphatic carbocycles. The molecule has 1 N–H and O–H groups in total. The van der Waals surface area contributed by atoms with E-state index >= 15 is 0 Å². The molecule has 0 fully saturated rings. The molecule has 0 saturated heterocycles. The summed E-state index contributed by atoms with van der Waals surface area (Å²) in [5.41, 5.74) is 0.619. The average Bonchev–Trinajstić information content (AvgIpc) is 2.47. The highest BCUT2D eigenvalue weighted by molar-refractivity contribution is 6.01. The maximum absolute atomic E-state index is 12.0. The van der Waals surface area contributed by atoms with Crippen LogP contribution in [-0.2, 0) is 14.3 Å². The number of carbonyl (C=O) groups is 3. The van der Waals surface area contributed by atoms with E-state index in [0.717, 1.165) is 0 Å². The lowest BCUT2D eigenvalue weighted by atomic mass is 9.91. The Hall–Kier alpha value is -2.37. The first kappa shape index (κ1) is 18.7. The van der Waals surface area contributed by atoms with E-state index in [-0.39, 0.29) is 36.8 Å². The summed E-state index contributed by atoms with van der Waals surface area (Å²) in [7, 11) is 0. The van der Waals surface area contributed by atoms with Crippen LogP contribution in [0.1, 0.15) is 44.0 Å². The molecule has 23 heavy (non-hydrogen) atoms. The number of para-hydroxylation sites is 1. The van der Waals surface area contributed by atoms with E-state index in [0.29, 0.717) is 5.69 Å². The molecule has 6 nitrogen and oxygen atoms in total. The molecule has 0 spiro atoms. The van der Waals surface area contributed by atoms with Crippen LogP contribution in [0.25, 0.3) is 0 Å². The van der Waals surface area contributed by atoms with Gasteiger partial charge in [0.25, 0.3) is 0 Å². The summed E-state index contributed by atoms with van der Waals surface area (Å²) >= 11 is 0. The van der Waals surface area contributed by atoms with Gasteiger partial charge >= 0.3 is 5.97 Å². The second-order valence-corrected chi connectivity index (χ2v) is 5.52. The first-order chi connectivity index (χ1) is 10.9. The normalized spacial score (nSPS) is 11.8. The Bertz CT molecular complexity index is 568. The SMILES string of the molecule is CCOC(=O)c1ccccc1NC(=O)CC[C@@H](C(=O)[O-])C(C)C. The number of amides is 1. The molecule has 1 amide bonds. The van der Waals surface area contributed by atoms with Crippen LogP contribution in [0.4, 0.5) is 5.69 Å². The minimum atomic E-state index is -1.15. The second-order valence-electron chi connectivity index (χ2n) is 5.52. The monoisotopic (exact) mass is 320 g/mol. The molecule has 0 radical (unpaired) electrons. The molecule has 0 saturated carbocycles. The van der Waals surface area contributed by atoms with Gasteiger partial charge in [-0.15, -0.1) is 0 Å². The second kappa shape index (κ2) is 8.92. The zero-order chi connectivity index (χ0) is 17.4. The number of hydrogen-bond donors (Lipinski definition) is 1. The van der Waals surface area contributed by atoms with Gasteiger partial charge in [-0.1, -0.05) is 26.0 Å². The number of esters is 1. The number of ether oxygens (including phenoxy) is 1. The van der Waals surface area contributed by atoms with E-state index in [1.54, 1.807) is 45.0 Å². The minimum absolute atomic E-state index is 0.0357. The molecule has 6 heteroatoms. The predicted molar refractivity (Wildman–Crippen MR) is 83.6 cm³/mol. The van der Waals surface area contributed by atoms with Crippen molar-refractivity contribution in [3.63, 3.8) is 0 Å². The van der Waals surface area contributed by atoms with Crippen LogP contribution in [0.3, 0.4) is 0 Å². The predicted octanol–water partition coefficient (Wildman–Crippen LogP) is 1.60. The van der Waals surface area contributed by atoms with Crippen LogP contribution < -0.4 is 10.4 Å². The summed E-state index contributed by atoms with van der Waals surface area (Å²) in [5, 5.41) is 13.7. The maximum Gasteiger partial charge on any atom is 0.340 e. The largest absolute Gasteiger partial charge is 0.550 e. The van der Waals surface area contributed by atoms with Crippen LogP contribution in [0.2, 0.25) is 0 Å². The van der Waals surface area contributed by atoms with Crippen LogP contribution in [0.5, 0.6) is 0 Å². The smallest absolute Gasteiger partial charge is 0.340 e. The van der Waals surface area contributed by atoms with E-state index in [1.165, 1.54) is 0 Å². The Morgan fingerprint density at radius 2 is 1.87 bits per heavy atom. The van der Waals surface area contributed by atoms with Crippen LogP contribution in [0, 0.1) is 11.8 Å². The first-order valence-corrected chi connectivity index (χ1v) is 7.63. The third-order valence-corrected chi connectivity index (χ3v) is 3.49. The Kier molecular flexibility index (Phi) is 7.25. The van der Waals surface area contributed by atoms with Crippen LogP contribution in [0.15, 0.2) is 24.3 Å². The van der Waals surface area contributed by atoms with Gasteiger partial charge in [0, 0.05) is 18.3 Å². The number of rotatable bonds is 8. The summed E-state index contributed by atoms with van der Waals surface area (Å²) in [6.07, 6.45) is 0.224. The van der Waals surface area contributed by atoms with Gasteiger partial charge < -0.3 is 20.0 Å². The number of benzene rings is 1. The highest BCUT2D eigenvalue weighted by Gasteiger charge is 2.18. The molecular formula is C17H22NO5-. The molecule has 0 heterocycles. The molecule has 0 aromatic heterocycles. The van der Waals surface area contributed by atoms with Gasteiger partial charge in [0.05, 0.1) is 17.9 Å². The van der Waals surface area contributed by atoms with Gasteiger partial charge in [-0.05, 0) is 31.4 Å². The van der Waals surface area contributed by atoms with Crippen molar-refractivity contribution in [3.05, 3.63) is 29.8 Å². The summed E-state index contributed by atoms with van der Waals surface area (Å²) in [6.45, 7) is 5.48. The van der Waals surface area contributed by atoms with Crippen molar-refractivity contribution in [1.29, 1.82) is 0 Å². The molecule has 1 aromatic rings. The lowest BCUT2D eigenvalue weighted by Gasteiger charge is -2.21. The van der Waals surface area contributed by atoms with Crippen molar-refractivity contribution >= 4 is 23.5 Å². The lowest BCUT2D eigenvalue weighted by Crippen LogP contribution is -2.35. The topological polar surface area (TPSA) is 95.5 Å². The number of carboxylic acids is 1. The molecule has 126 valence electrons. The summed E-state index contributed by atoms with van der Waals surface area (Å²) in [4.78, 5) is 34.9. The van der Waals surface area contributed by atoms with E-state index < -0.39 is 17.9 Å². The van der Waals surface area contributed by atoms with Gasteiger partial charge in [-0.3, -0.25) is 4.79 Å². The summed E-state index contributed by atoms with van der Waals surface area (Å²) in [5.74, 6) is -2.81. The Labute approximate surface area is 135 Å². The number of anilines is 1. The highest BCUT2D eigenvalue weighted by Crippen LogP contribution is 2.19. The zero-order valence-corrected chi connectivity index (χ0v) is 13.6. The van der Waals surface area contributed by atoms with E-state index in [2.05, 4.69) is 5.32 Å². The summed E-state index contributed by atoms with van der Waals surface area (Å²) < 4.78 is 4.94. The fourth-order valence-corrected chi connectivity index (χ4v) is 2.20. The molecule has 1 aromatic carbocycles.